The molecular formula is C28H23N5O18S5. The zero-order chi connectivity index (χ0) is 41.8. The smallest absolute Gasteiger partial charge is 0.397 e. The van der Waals surface area contributed by atoms with Gasteiger partial charge in [0.1, 0.15) is 37.5 Å². The van der Waals surface area contributed by atoms with E-state index in [-0.39, 0.29) is 16.5 Å². The molecule has 0 saturated carbocycles. The van der Waals surface area contributed by atoms with E-state index in [4.69, 9.17) is 10.3 Å². The molecule has 0 atom stereocenters. The van der Waals surface area contributed by atoms with Crippen molar-refractivity contribution in [3.05, 3.63) is 60.7 Å². The summed E-state index contributed by atoms with van der Waals surface area (Å²) in [6, 6.07) is 9.20. The maximum atomic E-state index is 12.6. The number of anilines is 1. The summed E-state index contributed by atoms with van der Waals surface area (Å²) >= 11 is 0. The van der Waals surface area contributed by atoms with E-state index in [9.17, 15) is 71.1 Å². The first-order valence-corrected chi connectivity index (χ1v) is 21.8. The normalized spacial score (nSPS) is 13.4. The second kappa shape index (κ2) is 14.6. The third-order valence-electron chi connectivity index (χ3n) is 7.51. The quantitative estimate of drug-likeness (QED) is 0.0501. The SMILES string of the molecule is Nc1c(S(=O)(=O)O)cc(S(=O)(=O)O)c2ccc(N=Nc3ccc4cc(S(=O)(=O)O)c(N=Nc5cc(S(=O)(=O)CCOS(=O)(=O)O)ccc5O)c(O)c4c3)c(O)c12. The number of fused-ring (bicyclic) bond motifs is 2. The summed E-state index contributed by atoms with van der Waals surface area (Å²) in [7, 11) is -24.8. The van der Waals surface area contributed by atoms with E-state index in [0.29, 0.717) is 6.07 Å². The van der Waals surface area contributed by atoms with Crippen LogP contribution in [0.2, 0.25) is 0 Å². The number of nitrogens with two attached hydrogens (primary N) is 1. The first-order chi connectivity index (χ1) is 25.7. The van der Waals surface area contributed by atoms with Crippen molar-refractivity contribution in [3.63, 3.8) is 0 Å². The molecule has 0 aliphatic carbocycles. The molecule has 5 aromatic rings. The maximum Gasteiger partial charge on any atom is 0.397 e. The molecule has 5 rings (SSSR count). The Kier molecular flexibility index (Phi) is 10.9. The van der Waals surface area contributed by atoms with Crippen LogP contribution in [0, 0.1) is 0 Å². The number of azo groups is 2. The fourth-order valence-electron chi connectivity index (χ4n) is 5.01. The molecule has 28 heteroatoms. The summed E-state index contributed by atoms with van der Waals surface area (Å²) in [5.41, 5.74) is 2.88. The van der Waals surface area contributed by atoms with Gasteiger partial charge in [0.05, 0.1) is 34.0 Å². The van der Waals surface area contributed by atoms with Crippen molar-refractivity contribution in [2.45, 2.75) is 19.6 Å². The standard InChI is InChI=1S/C28H23N5O18S5/c29-25-22(54(42,43)44)12-21(53(39,40)41)16-4-5-18(28(36)24(16)25)31-30-14-2-1-13-9-23(55(45,46)47)26(27(35)17(13)10-14)33-32-19-11-15(3-6-20(19)34)52(37,38)8-7-51-56(48,49)50/h1-6,9-12,34-36H,7-8,29H2,(H,39,40,41)(H,42,43,44)(H,45,46,47)(H,48,49,50). The third-order valence-corrected chi connectivity index (χ3v) is 12.3. The molecule has 9 N–H and O–H groups in total. The van der Waals surface area contributed by atoms with Crippen LogP contribution in [0.4, 0.5) is 28.4 Å². The summed E-state index contributed by atoms with van der Waals surface area (Å²) in [5, 5.41) is 45.9. The van der Waals surface area contributed by atoms with Crippen LogP contribution in [0.15, 0.2) is 101 Å². The molecule has 298 valence electrons. The minimum atomic E-state index is -5.19. The van der Waals surface area contributed by atoms with Gasteiger partial charge in [0.15, 0.2) is 21.3 Å². The molecule has 0 saturated heterocycles. The van der Waals surface area contributed by atoms with Gasteiger partial charge >= 0.3 is 10.4 Å². The molecule has 0 aliphatic rings. The van der Waals surface area contributed by atoms with E-state index in [1.807, 2.05) is 0 Å². The van der Waals surface area contributed by atoms with Crippen LogP contribution in [0.25, 0.3) is 21.5 Å². The van der Waals surface area contributed by atoms with E-state index >= 15 is 0 Å². The molecule has 23 nitrogen and oxygen atoms in total. The number of aromatic hydroxyl groups is 3. The number of hydrogen-bond donors (Lipinski definition) is 8. The predicted molar refractivity (Wildman–Crippen MR) is 191 cm³/mol. The third kappa shape index (κ3) is 8.83. The highest BCUT2D eigenvalue weighted by atomic mass is 32.3. The zero-order valence-electron chi connectivity index (χ0n) is 27.2. The van der Waals surface area contributed by atoms with Gasteiger partial charge in [0.2, 0.25) is 0 Å². The number of phenolic OH excluding ortho intramolecular Hbond substituents is 3. The Morgan fingerprint density at radius 1 is 0.589 bits per heavy atom. The van der Waals surface area contributed by atoms with Gasteiger partial charge in [-0.15, -0.1) is 15.3 Å². The summed E-state index contributed by atoms with van der Waals surface area (Å²) < 4.78 is 161. The monoisotopic (exact) mass is 877 g/mol. The number of phenols is 3. The van der Waals surface area contributed by atoms with Crippen molar-refractivity contribution in [3.8, 4) is 17.2 Å². The molecule has 0 heterocycles. The van der Waals surface area contributed by atoms with Crippen molar-refractivity contribution in [1.29, 1.82) is 0 Å². The van der Waals surface area contributed by atoms with E-state index in [2.05, 4.69) is 24.6 Å². The van der Waals surface area contributed by atoms with Crippen LogP contribution in [0.1, 0.15) is 0 Å². The van der Waals surface area contributed by atoms with Crippen molar-refractivity contribution in [1.82, 2.24) is 0 Å². The number of hydrogen-bond acceptors (Lipinski definition) is 19. The highest BCUT2D eigenvalue weighted by molar-refractivity contribution is 7.91. The van der Waals surface area contributed by atoms with Crippen LogP contribution in [0.3, 0.4) is 0 Å². The lowest BCUT2D eigenvalue weighted by molar-refractivity contribution is 0.284. The number of rotatable bonds is 12. The molecular weight excluding hydrogens is 855 g/mol. The summed E-state index contributed by atoms with van der Waals surface area (Å²) in [6.07, 6.45) is 0. The zero-order valence-corrected chi connectivity index (χ0v) is 31.3. The Morgan fingerprint density at radius 3 is 1.82 bits per heavy atom. The van der Waals surface area contributed by atoms with Gasteiger partial charge in [-0.3, -0.25) is 18.2 Å². The van der Waals surface area contributed by atoms with E-state index in [1.54, 1.807) is 0 Å². The molecule has 0 fully saturated rings. The van der Waals surface area contributed by atoms with Gasteiger partial charge in [-0.1, -0.05) is 12.1 Å². The van der Waals surface area contributed by atoms with Crippen LogP contribution < -0.4 is 5.73 Å². The van der Waals surface area contributed by atoms with Gasteiger partial charge < -0.3 is 21.1 Å². The Bertz CT molecular complexity index is 3120. The Balaban J connectivity index is 1.58. The van der Waals surface area contributed by atoms with E-state index in [1.165, 1.54) is 12.1 Å². The summed E-state index contributed by atoms with van der Waals surface area (Å²) in [5.74, 6) is -3.58. The van der Waals surface area contributed by atoms with Gasteiger partial charge in [0.25, 0.3) is 30.4 Å². The topological polar surface area (TPSA) is 397 Å². The molecule has 0 radical (unpaired) electrons. The molecule has 0 aliphatic heterocycles. The number of nitrogens with zero attached hydrogens (tertiary/aromatic N) is 4. The number of benzene rings is 5. The first kappa shape index (κ1) is 41.7. The average Bonchev–Trinajstić information content (AvgIpc) is 3.06. The second-order valence-electron chi connectivity index (χ2n) is 11.2. The minimum absolute atomic E-state index is 0.0483. The number of nitrogen functional groups attached to an aromatic ring is 1. The molecule has 0 spiro atoms. The van der Waals surface area contributed by atoms with Crippen molar-refractivity contribution in [2.75, 3.05) is 18.1 Å². The lowest BCUT2D eigenvalue weighted by Gasteiger charge is -2.13. The Hall–Kier alpha value is -5.43. The Labute approximate surface area is 315 Å². The van der Waals surface area contributed by atoms with Gasteiger partial charge in [0, 0.05) is 10.8 Å². The number of sulfone groups is 1. The van der Waals surface area contributed by atoms with Gasteiger partial charge in [-0.05, 0) is 53.9 Å². The largest absolute Gasteiger partial charge is 0.506 e. The van der Waals surface area contributed by atoms with Crippen LogP contribution in [0.5, 0.6) is 17.2 Å². The maximum absolute atomic E-state index is 12.6. The molecule has 0 bridgehead atoms. The molecule has 0 unspecified atom stereocenters. The average molecular weight is 878 g/mol. The molecule has 0 aromatic heterocycles. The van der Waals surface area contributed by atoms with Gasteiger partial charge in [-0.25, -0.2) is 12.6 Å². The van der Waals surface area contributed by atoms with Crippen LogP contribution in [-0.4, -0.2) is 88.0 Å². The molecule has 56 heavy (non-hydrogen) atoms. The Morgan fingerprint density at radius 2 is 1.21 bits per heavy atom. The highest BCUT2D eigenvalue weighted by Gasteiger charge is 2.27. The van der Waals surface area contributed by atoms with Crippen molar-refractivity contribution >= 4 is 101 Å². The van der Waals surface area contributed by atoms with E-state index in [0.717, 1.165) is 42.5 Å². The lowest BCUT2D eigenvalue weighted by Crippen LogP contribution is -2.15. The highest BCUT2D eigenvalue weighted by Crippen LogP contribution is 2.45. The van der Waals surface area contributed by atoms with Crippen molar-refractivity contribution in [2.24, 2.45) is 20.5 Å². The minimum Gasteiger partial charge on any atom is -0.506 e. The molecule has 0 amide bonds. The van der Waals surface area contributed by atoms with Gasteiger partial charge in [-0.2, -0.15) is 38.8 Å². The fourth-order valence-corrected chi connectivity index (χ4v) is 8.61. The van der Waals surface area contributed by atoms with Crippen molar-refractivity contribution < 1.29 is 79.8 Å². The second-order valence-corrected chi connectivity index (χ2v) is 18.5. The fraction of sp³-hybridized carbons (Fsp3) is 0.0714. The van der Waals surface area contributed by atoms with Crippen LogP contribution >= 0.6 is 0 Å². The van der Waals surface area contributed by atoms with Crippen LogP contribution in [-0.2, 0) is 54.8 Å². The summed E-state index contributed by atoms with van der Waals surface area (Å²) in [4.78, 5) is -3.76. The summed E-state index contributed by atoms with van der Waals surface area (Å²) in [6.45, 7) is -0.989. The first-order valence-electron chi connectivity index (χ1n) is 14.5. The molecule has 5 aromatic carbocycles. The lowest BCUT2D eigenvalue weighted by atomic mass is 10.1. The predicted octanol–water partition coefficient (Wildman–Crippen LogP) is 3.86. The van der Waals surface area contributed by atoms with E-state index < -0.39 is 133 Å².